The molecule has 0 saturated heterocycles. The van der Waals surface area contributed by atoms with Crippen molar-refractivity contribution in [2.24, 2.45) is 5.41 Å². The highest BCUT2D eigenvalue weighted by Crippen LogP contribution is 2.16. The topological polar surface area (TPSA) is 38.3 Å². The molecule has 1 unspecified atom stereocenters. The zero-order valence-corrected chi connectivity index (χ0v) is 8.46. The number of rotatable bonds is 1. The second kappa shape index (κ2) is 3.92. The molecule has 0 spiro atoms. The molecule has 0 aromatic carbocycles. The van der Waals surface area contributed by atoms with Gasteiger partial charge in [-0.3, -0.25) is 4.79 Å². The van der Waals surface area contributed by atoms with Gasteiger partial charge in [0, 0.05) is 13.1 Å². The highest BCUT2D eigenvalue weighted by molar-refractivity contribution is 5.75. The maximum absolute atomic E-state index is 11.4. The van der Waals surface area contributed by atoms with Crippen LogP contribution in [-0.2, 0) is 9.53 Å². The van der Waals surface area contributed by atoms with Crippen LogP contribution in [0.1, 0.15) is 20.8 Å². The van der Waals surface area contributed by atoms with E-state index in [-0.39, 0.29) is 12.1 Å². The fourth-order valence-corrected chi connectivity index (χ4v) is 0.992. The summed E-state index contributed by atoms with van der Waals surface area (Å²) in [4.78, 5) is 11.4. The Morgan fingerprint density at radius 2 is 2.23 bits per heavy atom. The zero-order chi connectivity index (χ0) is 9.90. The van der Waals surface area contributed by atoms with Crippen molar-refractivity contribution in [2.75, 3.05) is 13.1 Å². The Bertz CT molecular complexity index is 215. The van der Waals surface area contributed by atoms with Crippen molar-refractivity contribution < 1.29 is 9.53 Å². The van der Waals surface area contributed by atoms with Gasteiger partial charge in [0.25, 0.3) is 0 Å². The van der Waals surface area contributed by atoms with Crippen molar-refractivity contribution in [3.8, 4) is 0 Å². The molecule has 1 heterocycles. The molecule has 0 saturated carbocycles. The molecule has 0 aromatic rings. The Balaban J connectivity index is 2.44. The molecular weight excluding hydrogens is 166 g/mol. The number of ether oxygens (including phenoxy) is 1. The van der Waals surface area contributed by atoms with Gasteiger partial charge in [0.1, 0.15) is 6.10 Å². The molecule has 1 aliphatic rings. The van der Waals surface area contributed by atoms with E-state index in [0.29, 0.717) is 0 Å². The molecule has 1 rings (SSSR count). The van der Waals surface area contributed by atoms with Gasteiger partial charge >= 0.3 is 5.97 Å². The normalized spacial score (nSPS) is 22.8. The van der Waals surface area contributed by atoms with Crippen molar-refractivity contribution in [2.45, 2.75) is 26.9 Å². The third kappa shape index (κ3) is 3.19. The summed E-state index contributed by atoms with van der Waals surface area (Å²) in [7, 11) is 0. The predicted molar refractivity (Wildman–Crippen MR) is 51.3 cm³/mol. The van der Waals surface area contributed by atoms with Gasteiger partial charge in [0.15, 0.2) is 0 Å². The zero-order valence-electron chi connectivity index (χ0n) is 8.46. The summed E-state index contributed by atoms with van der Waals surface area (Å²) in [5.41, 5.74) is -0.411. The Hall–Kier alpha value is -0.830. The summed E-state index contributed by atoms with van der Waals surface area (Å²) in [6.45, 7) is 7.15. The number of esters is 1. The van der Waals surface area contributed by atoms with Crippen molar-refractivity contribution >= 4 is 5.97 Å². The van der Waals surface area contributed by atoms with Crippen LogP contribution >= 0.6 is 0 Å². The molecule has 0 amide bonds. The van der Waals surface area contributed by atoms with Gasteiger partial charge in [-0.2, -0.15) is 0 Å². The highest BCUT2D eigenvalue weighted by Gasteiger charge is 2.25. The molecule has 74 valence electrons. The van der Waals surface area contributed by atoms with Crippen LogP contribution in [0.4, 0.5) is 0 Å². The maximum atomic E-state index is 11.4. The van der Waals surface area contributed by atoms with E-state index in [0.717, 1.165) is 13.1 Å². The van der Waals surface area contributed by atoms with Crippen molar-refractivity contribution in [1.82, 2.24) is 5.32 Å². The lowest BCUT2D eigenvalue weighted by atomic mass is 9.97. The number of hydrogen-bond donors (Lipinski definition) is 1. The fourth-order valence-electron chi connectivity index (χ4n) is 0.992. The average molecular weight is 183 g/mol. The molecule has 0 radical (unpaired) electrons. The van der Waals surface area contributed by atoms with Gasteiger partial charge in [0.05, 0.1) is 5.41 Å². The molecule has 3 heteroatoms. The average Bonchev–Trinajstić information content (AvgIpc) is 2.04. The van der Waals surface area contributed by atoms with Crippen molar-refractivity contribution in [3.63, 3.8) is 0 Å². The fraction of sp³-hybridized carbons (Fsp3) is 0.700. The number of carbonyl (C=O) groups is 1. The van der Waals surface area contributed by atoms with Crippen molar-refractivity contribution in [1.29, 1.82) is 0 Å². The van der Waals surface area contributed by atoms with Crippen LogP contribution in [0, 0.1) is 5.41 Å². The quantitative estimate of drug-likeness (QED) is 0.489. The van der Waals surface area contributed by atoms with E-state index in [9.17, 15) is 4.79 Å². The Morgan fingerprint density at radius 3 is 2.69 bits per heavy atom. The van der Waals surface area contributed by atoms with Crippen LogP contribution in [0.2, 0.25) is 0 Å². The number of nitrogens with one attached hydrogen (secondary N) is 1. The first-order chi connectivity index (χ1) is 6.00. The van der Waals surface area contributed by atoms with Gasteiger partial charge in [-0.25, -0.2) is 0 Å². The van der Waals surface area contributed by atoms with Crippen LogP contribution in [0.5, 0.6) is 0 Å². The van der Waals surface area contributed by atoms with E-state index in [2.05, 4.69) is 5.32 Å². The Kier molecular flexibility index (Phi) is 3.09. The van der Waals surface area contributed by atoms with Crippen LogP contribution in [0.15, 0.2) is 12.2 Å². The van der Waals surface area contributed by atoms with E-state index in [1.807, 2.05) is 32.9 Å². The van der Waals surface area contributed by atoms with Crippen LogP contribution in [0.3, 0.4) is 0 Å². The SMILES string of the molecule is CC(C)(C)C(=O)OC1C=CCNC1. The maximum Gasteiger partial charge on any atom is 0.311 e. The van der Waals surface area contributed by atoms with Gasteiger partial charge in [-0.05, 0) is 26.8 Å². The summed E-state index contributed by atoms with van der Waals surface area (Å²) < 4.78 is 5.27. The molecule has 0 bridgehead atoms. The molecule has 1 atom stereocenters. The molecule has 3 nitrogen and oxygen atoms in total. The number of carbonyl (C=O) groups excluding carboxylic acids is 1. The molecule has 1 N–H and O–H groups in total. The van der Waals surface area contributed by atoms with Crippen molar-refractivity contribution in [3.05, 3.63) is 12.2 Å². The number of hydrogen-bond acceptors (Lipinski definition) is 3. The molecule has 13 heavy (non-hydrogen) atoms. The largest absolute Gasteiger partial charge is 0.456 e. The second-order valence-electron chi connectivity index (χ2n) is 4.28. The lowest BCUT2D eigenvalue weighted by Crippen LogP contribution is -2.36. The summed E-state index contributed by atoms with van der Waals surface area (Å²) in [6, 6.07) is 0. The monoisotopic (exact) mass is 183 g/mol. The minimum atomic E-state index is -0.411. The highest BCUT2D eigenvalue weighted by atomic mass is 16.5. The Labute approximate surface area is 79.2 Å². The minimum absolute atomic E-state index is 0.0968. The molecule has 0 aliphatic carbocycles. The van der Waals surface area contributed by atoms with Crippen LogP contribution in [-0.4, -0.2) is 25.2 Å². The lowest BCUT2D eigenvalue weighted by molar-refractivity contribution is -0.156. The minimum Gasteiger partial charge on any atom is -0.456 e. The summed E-state index contributed by atoms with van der Waals surface area (Å²) in [5.74, 6) is -0.147. The third-order valence-corrected chi connectivity index (χ3v) is 1.83. The molecule has 1 aliphatic heterocycles. The van der Waals surface area contributed by atoms with Crippen LogP contribution < -0.4 is 5.32 Å². The molecular formula is C10H17NO2. The summed E-state index contributed by atoms with van der Waals surface area (Å²) >= 11 is 0. The molecule has 0 fully saturated rings. The molecule has 0 aromatic heterocycles. The first-order valence-corrected chi connectivity index (χ1v) is 4.58. The van der Waals surface area contributed by atoms with E-state index < -0.39 is 5.41 Å². The summed E-state index contributed by atoms with van der Waals surface area (Å²) in [6.07, 6.45) is 3.81. The van der Waals surface area contributed by atoms with Gasteiger partial charge < -0.3 is 10.1 Å². The smallest absolute Gasteiger partial charge is 0.311 e. The van der Waals surface area contributed by atoms with E-state index >= 15 is 0 Å². The first kappa shape index (κ1) is 10.3. The second-order valence-corrected chi connectivity index (χ2v) is 4.28. The van der Waals surface area contributed by atoms with Gasteiger partial charge in [-0.15, -0.1) is 0 Å². The first-order valence-electron chi connectivity index (χ1n) is 4.58. The summed E-state index contributed by atoms with van der Waals surface area (Å²) in [5, 5.41) is 3.13. The van der Waals surface area contributed by atoms with E-state index in [4.69, 9.17) is 4.74 Å². The van der Waals surface area contributed by atoms with Crippen LogP contribution in [0.25, 0.3) is 0 Å². The van der Waals surface area contributed by atoms with E-state index in [1.54, 1.807) is 0 Å². The lowest BCUT2D eigenvalue weighted by Gasteiger charge is -2.23. The Morgan fingerprint density at radius 1 is 1.54 bits per heavy atom. The third-order valence-electron chi connectivity index (χ3n) is 1.83. The standard InChI is InChI=1S/C10H17NO2/c1-10(2,3)9(12)13-8-5-4-6-11-7-8/h4-5,8,11H,6-7H2,1-3H3. The van der Waals surface area contributed by atoms with Gasteiger partial charge in [0.2, 0.25) is 0 Å². The predicted octanol–water partition coefficient (Wildman–Crippen LogP) is 1.10. The van der Waals surface area contributed by atoms with Gasteiger partial charge in [-0.1, -0.05) is 6.08 Å². The van der Waals surface area contributed by atoms with E-state index in [1.165, 1.54) is 0 Å².